The molecule has 4 heteroatoms. The van der Waals surface area contributed by atoms with Crippen LogP contribution in [0.15, 0.2) is 18.2 Å². The second kappa shape index (κ2) is 4.64. The number of carbonyl (C=O) groups excluding carboxylic acids is 2. The highest BCUT2D eigenvalue weighted by Crippen LogP contribution is 2.37. The van der Waals surface area contributed by atoms with Crippen LogP contribution < -0.4 is 9.47 Å². The molecule has 94 valence electrons. The van der Waals surface area contributed by atoms with Crippen molar-refractivity contribution in [1.29, 1.82) is 0 Å². The molecule has 0 N–H and O–H groups in total. The van der Waals surface area contributed by atoms with Crippen LogP contribution in [0.4, 0.5) is 0 Å². The number of benzene rings is 1. The Labute approximate surface area is 105 Å². The highest BCUT2D eigenvalue weighted by atomic mass is 16.5. The van der Waals surface area contributed by atoms with Crippen LogP contribution in [0.5, 0.6) is 11.5 Å². The van der Waals surface area contributed by atoms with Gasteiger partial charge < -0.3 is 9.47 Å². The highest BCUT2D eigenvalue weighted by Gasteiger charge is 2.29. The first kappa shape index (κ1) is 12.4. The molecule has 0 atom stereocenters. The fraction of sp³-hybridized carbons (Fsp3) is 0.286. The molecule has 0 radical (unpaired) electrons. The molecule has 4 nitrogen and oxygen atoms in total. The van der Waals surface area contributed by atoms with E-state index in [1.807, 2.05) is 6.92 Å². The third kappa shape index (κ3) is 1.70. The lowest BCUT2D eigenvalue weighted by Gasteiger charge is -2.19. The van der Waals surface area contributed by atoms with Crippen LogP contribution in [0.1, 0.15) is 33.2 Å². The molecule has 0 unspecified atom stereocenters. The first-order valence-electron chi connectivity index (χ1n) is 5.68. The number of hydrogen-bond acceptors (Lipinski definition) is 4. The summed E-state index contributed by atoms with van der Waals surface area (Å²) < 4.78 is 10.5. The van der Waals surface area contributed by atoms with Gasteiger partial charge in [0.05, 0.1) is 25.3 Å². The number of hydrogen-bond donors (Lipinski definition) is 0. The Kier molecular flexibility index (Phi) is 3.19. The summed E-state index contributed by atoms with van der Waals surface area (Å²) >= 11 is 0. The molecule has 1 aromatic rings. The summed E-state index contributed by atoms with van der Waals surface area (Å²) in [5, 5.41) is 0. The normalized spacial score (nSPS) is 13.5. The fourth-order valence-electron chi connectivity index (χ4n) is 2.15. The molecular formula is C14H14O4. The number of allylic oxidation sites excluding steroid dienone is 2. The van der Waals surface area contributed by atoms with Crippen LogP contribution in [-0.2, 0) is 6.42 Å². The van der Waals surface area contributed by atoms with Crippen molar-refractivity contribution in [2.75, 3.05) is 14.2 Å². The molecule has 0 amide bonds. The predicted molar refractivity (Wildman–Crippen MR) is 66.7 cm³/mol. The maximum absolute atomic E-state index is 12.0. The van der Waals surface area contributed by atoms with E-state index >= 15 is 0 Å². The van der Waals surface area contributed by atoms with Gasteiger partial charge in [0.2, 0.25) is 0 Å². The first-order chi connectivity index (χ1) is 8.63. The largest absolute Gasteiger partial charge is 0.496 e. The van der Waals surface area contributed by atoms with E-state index in [4.69, 9.17) is 9.47 Å². The van der Waals surface area contributed by atoms with E-state index in [1.165, 1.54) is 26.4 Å². The minimum absolute atomic E-state index is 0.227. The van der Waals surface area contributed by atoms with Gasteiger partial charge in [-0.3, -0.25) is 9.59 Å². The summed E-state index contributed by atoms with van der Waals surface area (Å²) in [6.07, 6.45) is 3.22. The maximum atomic E-state index is 12.0. The number of aryl methyl sites for hydroxylation is 1. The fourth-order valence-corrected chi connectivity index (χ4v) is 2.15. The van der Waals surface area contributed by atoms with E-state index in [0.717, 1.165) is 5.56 Å². The second-order valence-corrected chi connectivity index (χ2v) is 3.94. The van der Waals surface area contributed by atoms with Crippen LogP contribution in [0.2, 0.25) is 0 Å². The molecule has 0 fully saturated rings. The van der Waals surface area contributed by atoms with Crippen molar-refractivity contribution >= 4 is 11.6 Å². The Morgan fingerprint density at radius 2 is 1.61 bits per heavy atom. The van der Waals surface area contributed by atoms with E-state index in [9.17, 15) is 9.59 Å². The Morgan fingerprint density at radius 1 is 1.00 bits per heavy atom. The SMILES string of the molecule is CCc1cc(OC)c2c(c1OC)C(=O)C=CC2=O. The number of fused-ring (bicyclic) bond motifs is 1. The molecule has 0 heterocycles. The summed E-state index contributed by atoms with van der Waals surface area (Å²) in [7, 11) is 2.98. The molecule has 1 aliphatic carbocycles. The van der Waals surface area contributed by atoms with E-state index in [0.29, 0.717) is 29.0 Å². The van der Waals surface area contributed by atoms with Gasteiger partial charge in [-0.1, -0.05) is 6.92 Å². The number of methoxy groups -OCH3 is 2. The Hall–Kier alpha value is -2.10. The summed E-state index contributed by atoms with van der Waals surface area (Å²) in [6.45, 7) is 1.95. The second-order valence-electron chi connectivity index (χ2n) is 3.94. The predicted octanol–water partition coefficient (Wildman–Crippen LogP) is 2.20. The van der Waals surface area contributed by atoms with Gasteiger partial charge in [0.1, 0.15) is 11.5 Å². The molecule has 1 aliphatic rings. The summed E-state index contributed by atoms with van der Waals surface area (Å²) in [5.74, 6) is 0.429. The zero-order chi connectivity index (χ0) is 13.3. The lowest BCUT2D eigenvalue weighted by molar-refractivity contribution is 0.0988. The molecule has 18 heavy (non-hydrogen) atoms. The average Bonchev–Trinajstić information content (AvgIpc) is 2.40. The minimum atomic E-state index is -0.234. The molecule has 0 bridgehead atoms. The topological polar surface area (TPSA) is 52.6 Å². The van der Waals surface area contributed by atoms with Gasteiger partial charge in [0.15, 0.2) is 11.6 Å². The molecule has 0 spiro atoms. The van der Waals surface area contributed by atoms with E-state index < -0.39 is 0 Å². The van der Waals surface area contributed by atoms with Crippen LogP contribution in [-0.4, -0.2) is 25.8 Å². The standard InChI is InChI=1S/C14H14O4/c1-4-8-7-11(17-2)12-9(15)5-6-10(16)13(12)14(8)18-3/h5-7H,4H2,1-3H3. The summed E-state index contributed by atoms with van der Waals surface area (Å²) in [5.41, 5.74) is 1.45. The van der Waals surface area contributed by atoms with Crippen molar-refractivity contribution < 1.29 is 19.1 Å². The quantitative estimate of drug-likeness (QED) is 0.820. The average molecular weight is 246 g/mol. The summed E-state index contributed by atoms with van der Waals surface area (Å²) in [6, 6.07) is 1.75. The van der Waals surface area contributed by atoms with Gasteiger partial charge in [0, 0.05) is 0 Å². The van der Waals surface area contributed by atoms with Gasteiger partial charge in [-0.25, -0.2) is 0 Å². The highest BCUT2D eigenvalue weighted by molar-refractivity contribution is 6.24. The van der Waals surface area contributed by atoms with E-state index in [1.54, 1.807) is 6.07 Å². The molecule has 1 aromatic carbocycles. The molecule has 0 aromatic heterocycles. The zero-order valence-corrected chi connectivity index (χ0v) is 10.6. The third-order valence-electron chi connectivity index (χ3n) is 3.00. The third-order valence-corrected chi connectivity index (χ3v) is 3.00. The van der Waals surface area contributed by atoms with Crippen molar-refractivity contribution in [1.82, 2.24) is 0 Å². The first-order valence-corrected chi connectivity index (χ1v) is 5.68. The number of rotatable bonds is 3. The molecule has 2 rings (SSSR count). The van der Waals surface area contributed by atoms with Crippen molar-refractivity contribution in [2.45, 2.75) is 13.3 Å². The van der Waals surface area contributed by atoms with Crippen molar-refractivity contribution in [3.63, 3.8) is 0 Å². The Bertz CT molecular complexity index is 555. The van der Waals surface area contributed by atoms with Crippen LogP contribution in [0.3, 0.4) is 0 Å². The van der Waals surface area contributed by atoms with E-state index in [-0.39, 0.29) is 11.6 Å². The van der Waals surface area contributed by atoms with Gasteiger partial charge in [-0.2, -0.15) is 0 Å². The van der Waals surface area contributed by atoms with Crippen molar-refractivity contribution in [3.05, 3.63) is 34.9 Å². The van der Waals surface area contributed by atoms with Gasteiger partial charge >= 0.3 is 0 Å². The van der Waals surface area contributed by atoms with Gasteiger partial charge in [0.25, 0.3) is 0 Å². The zero-order valence-electron chi connectivity index (χ0n) is 10.6. The smallest absolute Gasteiger partial charge is 0.190 e. The Balaban J connectivity index is 2.83. The number of carbonyl (C=O) groups is 2. The van der Waals surface area contributed by atoms with E-state index in [2.05, 4.69) is 0 Å². The van der Waals surface area contributed by atoms with Crippen molar-refractivity contribution in [2.24, 2.45) is 0 Å². The lowest BCUT2D eigenvalue weighted by Crippen LogP contribution is -2.16. The van der Waals surface area contributed by atoms with Crippen molar-refractivity contribution in [3.8, 4) is 11.5 Å². The van der Waals surface area contributed by atoms with Crippen LogP contribution in [0, 0.1) is 0 Å². The minimum Gasteiger partial charge on any atom is -0.496 e. The van der Waals surface area contributed by atoms with Crippen LogP contribution in [0.25, 0.3) is 0 Å². The molecule has 0 saturated heterocycles. The molecule has 0 aliphatic heterocycles. The lowest BCUT2D eigenvalue weighted by atomic mass is 9.90. The maximum Gasteiger partial charge on any atom is 0.190 e. The number of ketones is 2. The van der Waals surface area contributed by atoms with Gasteiger partial charge in [-0.15, -0.1) is 0 Å². The summed E-state index contributed by atoms with van der Waals surface area (Å²) in [4.78, 5) is 23.9. The molecular weight excluding hydrogens is 232 g/mol. The number of ether oxygens (including phenoxy) is 2. The molecule has 0 saturated carbocycles. The van der Waals surface area contributed by atoms with Gasteiger partial charge in [-0.05, 0) is 30.2 Å². The Morgan fingerprint density at radius 3 is 2.11 bits per heavy atom. The van der Waals surface area contributed by atoms with Crippen LogP contribution >= 0.6 is 0 Å². The monoisotopic (exact) mass is 246 g/mol.